The molecule has 2 fully saturated rings. The Labute approximate surface area is 172 Å². The van der Waals surface area contributed by atoms with Crippen LogP contribution < -0.4 is 19.7 Å². The molecule has 3 aliphatic rings. The van der Waals surface area contributed by atoms with Crippen molar-refractivity contribution in [2.24, 2.45) is 0 Å². The van der Waals surface area contributed by atoms with Crippen LogP contribution in [0.4, 0.5) is 11.6 Å². The van der Waals surface area contributed by atoms with E-state index < -0.39 is 0 Å². The lowest BCUT2D eigenvalue weighted by molar-refractivity contribution is 0.174. The van der Waals surface area contributed by atoms with Gasteiger partial charge in [0.1, 0.15) is 18.0 Å². The molecule has 29 heavy (non-hydrogen) atoms. The Kier molecular flexibility index (Phi) is 5.39. The quantitative estimate of drug-likeness (QED) is 0.834. The number of nitrogens with one attached hydrogen (secondary N) is 1. The van der Waals surface area contributed by atoms with Crippen molar-refractivity contribution in [1.82, 2.24) is 14.9 Å². The lowest BCUT2D eigenvalue weighted by Gasteiger charge is -2.35. The van der Waals surface area contributed by atoms with E-state index >= 15 is 0 Å². The second-order valence-corrected chi connectivity index (χ2v) is 8.19. The van der Waals surface area contributed by atoms with Crippen LogP contribution in [0.25, 0.3) is 0 Å². The van der Waals surface area contributed by atoms with Crippen LogP contribution in [0, 0.1) is 0 Å². The normalized spacial score (nSPS) is 20.1. The molecule has 0 spiro atoms. The maximum Gasteiger partial charge on any atom is 0.231 e. The summed E-state index contributed by atoms with van der Waals surface area (Å²) in [6, 6.07) is 8.91. The summed E-state index contributed by atoms with van der Waals surface area (Å²) in [5, 5.41) is 3.61. The third kappa shape index (κ3) is 4.40. The highest BCUT2D eigenvalue weighted by atomic mass is 16.7. The van der Waals surface area contributed by atoms with E-state index in [9.17, 15) is 0 Å². The minimum absolute atomic E-state index is 0.327. The number of anilines is 2. The third-order valence-electron chi connectivity index (χ3n) is 6.15. The van der Waals surface area contributed by atoms with Crippen molar-refractivity contribution in [2.75, 3.05) is 43.2 Å². The van der Waals surface area contributed by atoms with Crippen LogP contribution in [0.5, 0.6) is 11.5 Å². The van der Waals surface area contributed by atoms with Crippen LogP contribution >= 0.6 is 0 Å². The molecule has 1 aromatic carbocycles. The predicted molar refractivity (Wildman–Crippen MR) is 113 cm³/mol. The Bertz CT molecular complexity index is 832. The maximum absolute atomic E-state index is 5.50. The first-order chi connectivity index (χ1) is 14.3. The second kappa shape index (κ2) is 8.45. The predicted octanol–water partition coefficient (Wildman–Crippen LogP) is 3.27. The fourth-order valence-corrected chi connectivity index (χ4v) is 4.49. The van der Waals surface area contributed by atoms with Gasteiger partial charge < -0.3 is 19.7 Å². The summed E-state index contributed by atoms with van der Waals surface area (Å²) in [5.74, 6) is 3.70. The second-order valence-electron chi connectivity index (χ2n) is 8.19. The molecule has 2 aliphatic heterocycles. The van der Waals surface area contributed by atoms with Gasteiger partial charge in [0.25, 0.3) is 0 Å². The van der Waals surface area contributed by atoms with Gasteiger partial charge in [-0.2, -0.15) is 0 Å². The first kappa shape index (κ1) is 18.5. The fourth-order valence-electron chi connectivity index (χ4n) is 4.49. The molecule has 2 aromatic rings. The number of aromatic nitrogens is 2. The first-order valence-electron chi connectivity index (χ1n) is 10.8. The Morgan fingerprint density at radius 3 is 2.62 bits per heavy atom. The van der Waals surface area contributed by atoms with Gasteiger partial charge in [-0.05, 0) is 30.5 Å². The summed E-state index contributed by atoms with van der Waals surface area (Å²) in [6.45, 7) is 5.25. The standard InChI is InChI=1S/C22H29N5O2/c1-2-4-18(5-3-1)25-21-13-22(24-15-23-21)27-10-8-26(9-11-27)14-17-6-7-19-20(12-17)29-16-28-19/h6-7,12-13,15,18H,1-5,8-11,14,16H2,(H,23,24,25). The zero-order chi connectivity index (χ0) is 19.5. The lowest BCUT2D eigenvalue weighted by Crippen LogP contribution is -2.46. The molecular weight excluding hydrogens is 366 g/mol. The summed E-state index contributed by atoms with van der Waals surface area (Å²) >= 11 is 0. The summed E-state index contributed by atoms with van der Waals surface area (Å²) in [5.41, 5.74) is 1.27. The minimum atomic E-state index is 0.327. The molecule has 1 aliphatic carbocycles. The molecule has 1 aromatic heterocycles. The molecule has 0 atom stereocenters. The van der Waals surface area contributed by atoms with Crippen LogP contribution in [0.15, 0.2) is 30.6 Å². The van der Waals surface area contributed by atoms with Crippen molar-refractivity contribution >= 4 is 11.6 Å². The first-order valence-corrected chi connectivity index (χ1v) is 10.8. The van der Waals surface area contributed by atoms with Crippen LogP contribution in [0.3, 0.4) is 0 Å². The van der Waals surface area contributed by atoms with Gasteiger partial charge in [-0.25, -0.2) is 9.97 Å². The Balaban J connectivity index is 1.16. The molecule has 0 radical (unpaired) electrons. The minimum Gasteiger partial charge on any atom is -0.454 e. The summed E-state index contributed by atoms with van der Waals surface area (Å²) < 4.78 is 10.9. The SMILES string of the molecule is c1nc(NC2CCCCC2)cc(N2CCN(Cc3ccc4c(c3)OCO4)CC2)n1. The molecule has 1 saturated carbocycles. The van der Waals surface area contributed by atoms with Crippen molar-refractivity contribution in [3.8, 4) is 11.5 Å². The van der Waals surface area contributed by atoms with Gasteiger partial charge in [-0.3, -0.25) is 4.90 Å². The topological polar surface area (TPSA) is 62.8 Å². The van der Waals surface area contributed by atoms with E-state index in [1.54, 1.807) is 6.33 Å². The molecule has 0 bridgehead atoms. The van der Waals surface area contributed by atoms with Gasteiger partial charge in [0, 0.05) is 44.8 Å². The molecular formula is C22H29N5O2. The van der Waals surface area contributed by atoms with E-state index in [1.165, 1.54) is 37.7 Å². The van der Waals surface area contributed by atoms with Crippen LogP contribution in [0.2, 0.25) is 0 Å². The number of fused-ring (bicyclic) bond motifs is 1. The highest BCUT2D eigenvalue weighted by molar-refractivity contribution is 5.49. The highest BCUT2D eigenvalue weighted by Crippen LogP contribution is 2.33. The lowest BCUT2D eigenvalue weighted by atomic mass is 9.95. The fraction of sp³-hybridized carbons (Fsp3) is 0.545. The molecule has 1 N–H and O–H groups in total. The van der Waals surface area contributed by atoms with Gasteiger partial charge in [0.2, 0.25) is 6.79 Å². The van der Waals surface area contributed by atoms with Crippen molar-refractivity contribution in [3.05, 3.63) is 36.2 Å². The number of rotatable bonds is 5. The van der Waals surface area contributed by atoms with Gasteiger partial charge in [0.15, 0.2) is 11.5 Å². The van der Waals surface area contributed by atoms with Gasteiger partial charge in [-0.15, -0.1) is 0 Å². The van der Waals surface area contributed by atoms with Crippen molar-refractivity contribution in [1.29, 1.82) is 0 Å². The molecule has 7 heteroatoms. The molecule has 5 rings (SSSR count). The Morgan fingerprint density at radius 1 is 0.931 bits per heavy atom. The van der Waals surface area contributed by atoms with Gasteiger partial charge in [0.05, 0.1) is 0 Å². The number of ether oxygens (including phenoxy) is 2. The smallest absolute Gasteiger partial charge is 0.231 e. The van der Waals surface area contributed by atoms with Crippen LogP contribution in [-0.4, -0.2) is 53.9 Å². The van der Waals surface area contributed by atoms with E-state index in [0.29, 0.717) is 12.8 Å². The molecule has 3 heterocycles. The summed E-state index contributed by atoms with van der Waals surface area (Å²) in [6.07, 6.45) is 8.20. The molecule has 7 nitrogen and oxygen atoms in total. The van der Waals surface area contributed by atoms with Crippen molar-refractivity contribution in [2.45, 2.75) is 44.7 Å². The van der Waals surface area contributed by atoms with Crippen molar-refractivity contribution in [3.63, 3.8) is 0 Å². The van der Waals surface area contributed by atoms with E-state index in [-0.39, 0.29) is 0 Å². The van der Waals surface area contributed by atoms with E-state index in [2.05, 4.69) is 43.3 Å². The number of benzene rings is 1. The monoisotopic (exact) mass is 395 g/mol. The summed E-state index contributed by atoms with van der Waals surface area (Å²) in [7, 11) is 0. The largest absolute Gasteiger partial charge is 0.454 e. The Hall–Kier alpha value is -2.54. The average Bonchev–Trinajstić information content (AvgIpc) is 3.23. The highest BCUT2D eigenvalue weighted by Gasteiger charge is 2.21. The molecule has 154 valence electrons. The zero-order valence-electron chi connectivity index (χ0n) is 16.8. The van der Waals surface area contributed by atoms with Crippen molar-refractivity contribution < 1.29 is 9.47 Å². The average molecular weight is 396 g/mol. The molecule has 1 saturated heterocycles. The van der Waals surface area contributed by atoms with E-state index in [1.807, 2.05) is 6.07 Å². The van der Waals surface area contributed by atoms with Crippen LogP contribution in [-0.2, 0) is 6.54 Å². The number of hydrogen-bond donors (Lipinski definition) is 1. The number of hydrogen-bond acceptors (Lipinski definition) is 7. The van der Waals surface area contributed by atoms with E-state index in [4.69, 9.17) is 9.47 Å². The van der Waals surface area contributed by atoms with Gasteiger partial charge >= 0.3 is 0 Å². The van der Waals surface area contributed by atoms with E-state index in [0.717, 1.165) is 55.9 Å². The van der Waals surface area contributed by atoms with Gasteiger partial charge in [-0.1, -0.05) is 25.3 Å². The van der Waals surface area contributed by atoms with Crippen LogP contribution in [0.1, 0.15) is 37.7 Å². The molecule has 0 unspecified atom stereocenters. The maximum atomic E-state index is 5.50. The number of nitrogens with zero attached hydrogens (tertiary/aromatic N) is 4. The Morgan fingerprint density at radius 2 is 1.76 bits per heavy atom. The molecule has 0 amide bonds. The summed E-state index contributed by atoms with van der Waals surface area (Å²) in [4.78, 5) is 13.8. The third-order valence-corrected chi connectivity index (χ3v) is 6.15. The number of piperazine rings is 1. The zero-order valence-corrected chi connectivity index (χ0v) is 16.8.